The molecule has 1 rings (SSSR count). The van der Waals surface area contributed by atoms with Gasteiger partial charge in [-0.25, -0.2) is 14.8 Å². The molecule has 0 radical (unpaired) electrons. The van der Waals surface area contributed by atoms with E-state index in [0.29, 0.717) is 18.9 Å². The van der Waals surface area contributed by atoms with Crippen molar-refractivity contribution in [2.45, 2.75) is 6.42 Å². The van der Waals surface area contributed by atoms with Gasteiger partial charge in [-0.1, -0.05) is 0 Å². The predicted octanol–water partition coefficient (Wildman–Crippen LogP) is 0.0239. The number of rotatable bonds is 5. The van der Waals surface area contributed by atoms with Crippen molar-refractivity contribution >= 4 is 11.8 Å². The lowest BCUT2D eigenvalue weighted by Gasteiger charge is -2.04. The van der Waals surface area contributed by atoms with E-state index in [9.17, 15) is 4.79 Å². The summed E-state index contributed by atoms with van der Waals surface area (Å²) in [6.07, 6.45) is 2.35. The molecule has 6 nitrogen and oxygen atoms in total. The third-order valence-electron chi connectivity index (χ3n) is 1.71. The van der Waals surface area contributed by atoms with Gasteiger partial charge in [0.05, 0.1) is 7.11 Å². The van der Waals surface area contributed by atoms with E-state index < -0.39 is 5.97 Å². The van der Waals surface area contributed by atoms with Crippen LogP contribution in [0, 0.1) is 0 Å². The molecule has 1 aromatic rings. The number of hydrogen-bond donors (Lipinski definition) is 2. The third-order valence-corrected chi connectivity index (χ3v) is 1.71. The maximum Gasteiger partial charge on any atom is 0.376 e. The summed E-state index contributed by atoms with van der Waals surface area (Å²) in [6, 6.07) is 1.68. The first kappa shape index (κ1) is 11.4. The Kier molecular flexibility index (Phi) is 4.49. The molecular formula is C9H14N4O2. The molecule has 0 spiro atoms. The van der Waals surface area contributed by atoms with Crippen LogP contribution in [0.4, 0.5) is 5.82 Å². The molecule has 0 amide bonds. The minimum atomic E-state index is -0.544. The molecule has 15 heavy (non-hydrogen) atoms. The quantitative estimate of drug-likeness (QED) is 0.526. The number of aromatic nitrogens is 2. The molecule has 1 aromatic heterocycles. The van der Waals surface area contributed by atoms with Crippen LogP contribution in [0.3, 0.4) is 0 Å². The Labute approximate surface area is 87.9 Å². The third kappa shape index (κ3) is 3.51. The number of nitrogens with one attached hydrogen (secondary N) is 1. The summed E-state index contributed by atoms with van der Waals surface area (Å²) in [5.41, 5.74) is 5.35. The number of anilines is 1. The molecule has 0 fully saturated rings. The van der Waals surface area contributed by atoms with Gasteiger partial charge in [0, 0.05) is 12.7 Å². The second kappa shape index (κ2) is 5.92. The van der Waals surface area contributed by atoms with Gasteiger partial charge in [-0.05, 0) is 19.0 Å². The molecule has 0 aromatic carbocycles. The average molecular weight is 210 g/mol. The van der Waals surface area contributed by atoms with Crippen LogP contribution in [-0.4, -0.2) is 36.1 Å². The second-order valence-corrected chi connectivity index (χ2v) is 2.83. The maximum absolute atomic E-state index is 11.1. The molecule has 6 heteroatoms. The van der Waals surface area contributed by atoms with E-state index >= 15 is 0 Å². The molecule has 0 saturated heterocycles. The number of methoxy groups -OCH3 is 1. The van der Waals surface area contributed by atoms with Crippen molar-refractivity contribution in [2.24, 2.45) is 5.73 Å². The van der Waals surface area contributed by atoms with E-state index in [-0.39, 0.29) is 5.82 Å². The van der Waals surface area contributed by atoms with Gasteiger partial charge in [-0.2, -0.15) is 0 Å². The minimum absolute atomic E-state index is 0.0512. The van der Waals surface area contributed by atoms with Gasteiger partial charge in [-0.15, -0.1) is 0 Å². The number of hydrogen-bond acceptors (Lipinski definition) is 6. The zero-order valence-corrected chi connectivity index (χ0v) is 8.56. The first-order chi connectivity index (χ1) is 7.27. The number of nitrogens with zero attached hydrogens (tertiary/aromatic N) is 2. The van der Waals surface area contributed by atoms with Gasteiger partial charge in [-0.3, -0.25) is 0 Å². The highest BCUT2D eigenvalue weighted by molar-refractivity contribution is 5.85. The van der Waals surface area contributed by atoms with Gasteiger partial charge >= 0.3 is 5.97 Å². The largest absolute Gasteiger partial charge is 0.463 e. The molecule has 0 aliphatic carbocycles. The van der Waals surface area contributed by atoms with Crippen LogP contribution in [0.1, 0.15) is 17.0 Å². The molecule has 0 atom stereocenters. The molecule has 0 saturated carbocycles. The topological polar surface area (TPSA) is 90.1 Å². The van der Waals surface area contributed by atoms with Gasteiger partial charge in [0.25, 0.3) is 0 Å². The zero-order valence-electron chi connectivity index (χ0n) is 8.56. The second-order valence-electron chi connectivity index (χ2n) is 2.83. The van der Waals surface area contributed by atoms with Crippen LogP contribution in [-0.2, 0) is 4.74 Å². The summed E-state index contributed by atoms with van der Waals surface area (Å²) in [7, 11) is 1.29. The van der Waals surface area contributed by atoms with Crippen molar-refractivity contribution in [3.63, 3.8) is 0 Å². The van der Waals surface area contributed by atoms with Gasteiger partial charge in [0.15, 0.2) is 0 Å². The lowest BCUT2D eigenvalue weighted by Crippen LogP contribution is -2.12. The lowest BCUT2D eigenvalue weighted by atomic mass is 10.4. The van der Waals surface area contributed by atoms with Crippen molar-refractivity contribution in [3.05, 3.63) is 18.1 Å². The predicted molar refractivity (Wildman–Crippen MR) is 55.5 cm³/mol. The Morgan fingerprint density at radius 1 is 1.67 bits per heavy atom. The Morgan fingerprint density at radius 2 is 2.47 bits per heavy atom. The summed E-state index contributed by atoms with van der Waals surface area (Å²) in [5.74, 6) is 0.103. The maximum atomic E-state index is 11.1. The van der Waals surface area contributed by atoms with E-state index in [4.69, 9.17) is 5.73 Å². The summed E-state index contributed by atoms with van der Waals surface area (Å²) >= 11 is 0. The molecule has 0 aliphatic heterocycles. The molecule has 82 valence electrons. The molecule has 0 aliphatic rings. The summed E-state index contributed by atoms with van der Waals surface area (Å²) in [6.45, 7) is 1.33. The summed E-state index contributed by atoms with van der Waals surface area (Å²) in [4.78, 5) is 18.9. The van der Waals surface area contributed by atoms with E-state index in [1.165, 1.54) is 13.3 Å². The minimum Gasteiger partial charge on any atom is -0.463 e. The normalized spacial score (nSPS) is 9.73. The van der Waals surface area contributed by atoms with Gasteiger partial charge < -0.3 is 15.8 Å². The van der Waals surface area contributed by atoms with E-state index in [2.05, 4.69) is 20.0 Å². The standard InChI is InChI=1S/C9H14N4O2/c1-15-9(14)8-12-6-3-7(13-8)11-5-2-4-10/h3,6H,2,4-5,10H2,1H3,(H,11,12,13). The lowest BCUT2D eigenvalue weighted by molar-refractivity contribution is 0.0587. The van der Waals surface area contributed by atoms with Crippen LogP contribution in [0.2, 0.25) is 0 Å². The number of carbonyl (C=O) groups excluding carboxylic acids is 1. The smallest absolute Gasteiger partial charge is 0.376 e. The summed E-state index contributed by atoms with van der Waals surface area (Å²) in [5, 5.41) is 3.03. The Morgan fingerprint density at radius 3 is 3.13 bits per heavy atom. The SMILES string of the molecule is COC(=O)c1nccc(NCCCN)n1. The zero-order chi connectivity index (χ0) is 11.1. The first-order valence-electron chi connectivity index (χ1n) is 4.63. The molecule has 0 unspecified atom stereocenters. The highest BCUT2D eigenvalue weighted by Gasteiger charge is 2.08. The monoisotopic (exact) mass is 210 g/mol. The van der Waals surface area contributed by atoms with Crippen LogP contribution in [0.5, 0.6) is 0 Å². The number of esters is 1. The van der Waals surface area contributed by atoms with Crippen LogP contribution < -0.4 is 11.1 Å². The first-order valence-corrected chi connectivity index (χ1v) is 4.63. The molecule has 3 N–H and O–H groups in total. The summed E-state index contributed by atoms with van der Waals surface area (Å²) < 4.78 is 4.51. The number of ether oxygens (including phenoxy) is 1. The highest BCUT2D eigenvalue weighted by Crippen LogP contribution is 2.02. The van der Waals surface area contributed by atoms with Gasteiger partial charge in [0.2, 0.25) is 5.82 Å². The number of nitrogens with two attached hydrogens (primary N) is 1. The van der Waals surface area contributed by atoms with Crippen LogP contribution in [0.25, 0.3) is 0 Å². The Bertz CT molecular complexity index is 330. The van der Waals surface area contributed by atoms with E-state index in [1.807, 2.05) is 0 Å². The van der Waals surface area contributed by atoms with Crippen molar-refractivity contribution in [3.8, 4) is 0 Å². The fourth-order valence-corrected chi connectivity index (χ4v) is 0.965. The Hall–Kier alpha value is -1.69. The molecule has 1 heterocycles. The fraction of sp³-hybridized carbons (Fsp3) is 0.444. The highest BCUT2D eigenvalue weighted by atomic mass is 16.5. The molecule has 0 bridgehead atoms. The van der Waals surface area contributed by atoms with E-state index in [1.54, 1.807) is 6.07 Å². The van der Waals surface area contributed by atoms with Crippen molar-refractivity contribution in [1.29, 1.82) is 0 Å². The van der Waals surface area contributed by atoms with Crippen molar-refractivity contribution in [1.82, 2.24) is 9.97 Å². The van der Waals surface area contributed by atoms with Crippen molar-refractivity contribution < 1.29 is 9.53 Å². The van der Waals surface area contributed by atoms with E-state index in [0.717, 1.165) is 6.42 Å². The van der Waals surface area contributed by atoms with Crippen molar-refractivity contribution in [2.75, 3.05) is 25.5 Å². The van der Waals surface area contributed by atoms with Crippen LogP contribution in [0.15, 0.2) is 12.3 Å². The molecular weight excluding hydrogens is 196 g/mol. The fourth-order valence-electron chi connectivity index (χ4n) is 0.965. The van der Waals surface area contributed by atoms with Crippen LogP contribution >= 0.6 is 0 Å². The average Bonchev–Trinajstić information content (AvgIpc) is 2.29. The number of carbonyl (C=O) groups is 1. The van der Waals surface area contributed by atoms with Gasteiger partial charge in [0.1, 0.15) is 5.82 Å². The Balaban J connectivity index is 2.62.